The van der Waals surface area contributed by atoms with Crippen LogP contribution in [0.3, 0.4) is 0 Å². The van der Waals surface area contributed by atoms with E-state index in [1.807, 2.05) is 0 Å². The number of hydrogen-bond donors (Lipinski definition) is 4. The number of H-pyrrole nitrogens is 1. The Labute approximate surface area is 248 Å². The van der Waals surface area contributed by atoms with Crippen LogP contribution in [0, 0.1) is 0 Å². The van der Waals surface area contributed by atoms with Crippen molar-refractivity contribution in [2.45, 2.75) is 38.6 Å². The van der Waals surface area contributed by atoms with E-state index in [0.29, 0.717) is 28.7 Å². The lowest BCUT2D eigenvalue weighted by molar-refractivity contribution is -0.137. The summed E-state index contributed by atoms with van der Waals surface area (Å²) < 4.78 is 47.3. The van der Waals surface area contributed by atoms with Crippen molar-refractivity contribution in [2.75, 3.05) is 31.1 Å². The number of piperazine rings is 1. The maximum absolute atomic E-state index is 14.0. The number of carbonyl (C=O) groups excluding carboxylic acids is 1. The van der Waals surface area contributed by atoms with E-state index < -0.39 is 35.2 Å². The highest BCUT2D eigenvalue weighted by Crippen LogP contribution is 2.43. The lowest BCUT2D eigenvalue weighted by Gasteiger charge is -2.40. The van der Waals surface area contributed by atoms with Gasteiger partial charge < -0.3 is 25.0 Å². The molecule has 5 rings (SSSR count). The minimum absolute atomic E-state index is 0.193. The molecule has 14 heteroatoms. The monoisotopic (exact) mass is 617 g/mol. The summed E-state index contributed by atoms with van der Waals surface area (Å²) in [5.74, 6) is -0.918. The number of anilines is 1. The minimum atomic E-state index is -4.75. The maximum Gasteiger partial charge on any atom is 0.417 e. The first-order chi connectivity index (χ1) is 20.2. The van der Waals surface area contributed by atoms with Crippen molar-refractivity contribution in [3.05, 3.63) is 64.2 Å². The summed E-state index contributed by atoms with van der Waals surface area (Å²) in [5.41, 5.74) is -0.474. The molecule has 0 spiro atoms. The Bertz CT molecular complexity index is 1680. The number of aliphatic hydroxyl groups is 1. The van der Waals surface area contributed by atoms with Crippen LogP contribution in [0.1, 0.15) is 42.3 Å². The minimum Gasteiger partial charge on any atom is -0.508 e. The van der Waals surface area contributed by atoms with Crippen LogP contribution in [0.5, 0.6) is 11.6 Å². The van der Waals surface area contributed by atoms with Gasteiger partial charge in [-0.3, -0.25) is 10.00 Å². The third-order valence-electron chi connectivity index (χ3n) is 6.83. The van der Waals surface area contributed by atoms with Crippen molar-refractivity contribution < 1.29 is 38.0 Å². The number of nitrogens with zero attached hydrogens (tertiary/aromatic N) is 4. The summed E-state index contributed by atoms with van der Waals surface area (Å²) in [6, 6.07) is 7.53. The Hall–Kier alpha value is -4.30. The number of amides is 1. The second-order valence-electron chi connectivity index (χ2n) is 11.1. The zero-order valence-electron chi connectivity index (χ0n) is 23.5. The summed E-state index contributed by atoms with van der Waals surface area (Å²) in [4.78, 5) is 20.5. The Balaban J connectivity index is 1.54. The van der Waals surface area contributed by atoms with Crippen LogP contribution in [0.2, 0.25) is 0 Å². The molecule has 0 saturated carbocycles. The molecule has 0 aliphatic carbocycles. The number of hydrogen-bond acceptors (Lipinski definition) is 9. The number of fused-ring (bicyclic) bond motifs is 1. The number of phenols is 1. The third-order valence-corrected chi connectivity index (χ3v) is 7.97. The fourth-order valence-corrected chi connectivity index (χ4v) is 5.85. The topological polar surface area (TPSA) is 135 Å². The number of carbonyl (C=O) groups is 1. The highest BCUT2D eigenvalue weighted by Gasteiger charge is 2.36. The van der Waals surface area contributed by atoms with Gasteiger partial charge in [0.05, 0.1) is 29.9 Å². The fraction of sp³-hybridized carbons (Fsp3) is 0.345. The molecule has 43 heavy (non-hydrogen) atoms. The van der Waals surface area contributed by atoms with Crippen LogP contribution in [-0.4, -0.2) is 79.4 Å². The number of thiazole rings is 1. The zero-order valence-corrected chi connectivity index (χ0v) is 24.3. The van der Waals surface area contributed by atoms with Gasteiger partial charge in [0.1, 0.15) is 16.2 Å². The van der Waals surface area contributed by atoms with E-state index in [1.165, 1.54) is 11.0 Å². The first kappa shape index (κ1) is 30.2. The van der Waals surface area contributed by atoms with Gasteiger partial charge in [-0.2, -0.15) is 23.3 Å². The maximum atomic E-state index is 14.0. The van der Waals surface area contributed by atoms with Crippen molar-refractivity contribution in [3.8, 4) is 11.6 Å². The first-order valence-electron chi connectivity index (χ1n) is 13.3. The summed E-state index contributed by atoms with van der Waals surface area (Å²) in [6.45, 7) is 5.65. The van der Waals surface area contributed by atoms with Crippen LogP contribution >= 0.6 is 11.3 Å². The summed E-state index contributed by atoms with van der Waals surface area (Å²) in [5, 5.41) is 38.8. The van der Waals surface area contributed by atoms with E-state index in [9.17, 15) is 33.3 Å². The number of aromatic amines is 1. The number of aliphatic hydroxyl groups excluding tert-OH is 1. The molecule has 0 radical (unpaired) electrons. The van der Waals surface area contributed by atoms with Crippen molar-refractivity contribution in [3.63, 3.8) is 0 Å². The molecule has 10 nitrogen and oxygen atoms in total. The van der Waals surface area contributed by atoms with Gasteiger partial charge in [-0.05, 0) is 62.2 Å². The summed E-state index contributed by atoms with van der Waals surface area (Å²) >= 11 is 1.07. The van der Waals surface area contributed by atoms with Crippen LogP contribution in [0.25, 0.3) is 22.6 Å². The van der Waals surface area contributed by atoms with Crippen molar-refractivity contribution in [1.29, 1.82) is 0 Å². The summed E-state index contributed by atoms with van der Waals surface area (Å²) in [6.07, 6.45) is -2.42. The molecule has 4 aromatic rings. The fourth-order valence-electron chi connectivity index (χ4n) is 4.82. The Morgan fingerprint density at radius 2 is 1.93 bits per heavy atom. The number of alkyl halides is 3. The lowest BCUT2D eigenvalue weighted by Crippen LogP contribution is -2.57. The van der Waals surface area contributed by atoms with E-state index in [1.54, 1.807) is 50.1 Å². The van der Waals surface area contributed by atoms with E-state index in [4.69, 9.17) is 4.74 Å². The number of phenolic OH excluding ortho intramolecular Hbond substituents is 1. The first-order valence-corrected chi connectivity index (χ1v) is 14.2. The smallest absolute Gasteiger partial charge is 0.417 e. The number of ether oxygens (including phenoxy) is 1. The molecule has 1 saturated heterocycles. The third kappa shape index (κ3) is 6.54. The SMILES string of the molecule is CC(C)(C)OC(=O)N1CCN(c2nc(O)c(C(=Cc3ccc(O)cc3C(F)(F)F)c3ccc4[nH]ncc4c3)s2)CC1CO. The second kappa shape index (κ2) is 11.4. The van der Waals surface area contributed by atoms with Crippen LogP contribution in [0.4, 0.5) is 23.1 Å². The zero-order chi connectivity index (χ0) is 31.1. The molecule has 1 unspecified atom stereocenters. The van der Waals surface area contributed by atoms with E-state index in [0.717, 1.165) is 29.0 Å². The molecule has 3 heterocycles. The van der Waals surface area contributed by atoms with Gasteiger partial charge in [0.25, 0.3) is 0 Å². The van der Waals surface area contributed by atoms with Gasteiger partial charge in [0.15, 0.2) is 5.13 Å². The molecule has 2 aromatic carbocycles. The Morgan fingerprint density at radius 3 is 2.63 bits per heavy atom. The van der Waals surface area contributed by atoms with E-state index in [-0.39, 0.29) is 41.6 Å². The van der Waals surface area contributed by atoms with Crippen molar-refractivity contribution in [2.24, 2.45) is 0 Å². The molecule has 1 fully saturated rings. The van der Waals surface area contributed by atoms with Crippen molar-refractivity contribution >= 4 is 45.1 Å². The Morgan fingerprint density at radius 1 is 1.16 bits per heavy atom. The largest absolute Gasteiger partial charge is 0.508 e. The number of benzene rings is 2. The van der Waals surface area contributed by atoms with E-state index >= 15 is 0 Å². The van der Waals surface area contributed by atoms with Gasteiger partial charge in [0, 0.05) is 30.6 Å². The number of nitrogens with one attached hydrogen (secondary N) is 1. The normalized spacial score (nSPS) is 16.6. The van der Waals surface area contributed by atoms with Gasteiger partial charge in [-0.15, -0.1) is 0 Å². The van der Waals surface area contributed by atoms with Gasteiger partial charge in [-0.25, -0.2) is 4.79 Å². The lowest BCUT2D eigenvalue weighted by atomic mass is 9.97. The van der Waals surface area contributed by atoms with Crippen LogP contribution in [0.15, 0.2) is 42.6 Å². The molecule has 2 aromatic heterocycles. The predicted molar refractivity (Wildman–Crippen MR) is 156 cm³/mol. The highest BCUT2D eigenvalue weighted by atomic mass is 32.1. The van der Waals surface area contributed by atoms with Gasteiger partial charge >= 0.3 is 12.3 Å². The van der Waals surface area contributed by atoms with E-state index in [2.05, 4.69) is 15.2 Å². The van der Waals surface area contributed by atoms with Gasteiger partial charge in [-0.1, -0.05) is 23.5 Å². The van der Waals surface area contributed by atoms with Crippen LogP contribution < -0.4 is 4.90 Å². The molecule has 1 amide bonds. The number of rotatable bonds is 5. The quantitative estimate of drug-likeness (QED) is 0.217. The average Bonchev–Trinajstić information content (AvgIpc) is 3.56. The highest BCUT2D eigenvalue weighted by molar-refractivity contribution is 7.17. The molecular weight excluding hydrogens is 587 g/mol. The summed E-state index contributed by atoms with van der Waals surface area (Å²) in [7, 11) is 0. The molecule has 228 valence electrons. The average molecular weight is 618 g/mol. The predicted octanol–water partition coefficient (Wildman–Crippen LogP) is 5.46. The molecule has 1 aliphatic heterocycles. The number of aromatic nitrogens is 3. The second-order valence-corrected chi connectivity index (χ2v) is 12.1. The molecule has 1 aliphatic rings. The molecular formula is C29H30F3N5O5S. The molecule has 1 atom stereocenters. The Kier molecular flexibility index (Phi) is 8.01. The standard InChI is InChI=1S/C29H30F3N5O5S/c1-28(2,3)42-27(41)37-9-8-36(14-19(37)15-38)26-34-25(40)24(43-26)21(16-5-7-23-18(10-16)13-33-35-23)11-17-4-6-20(39)12-22(17)29(30,31)32/h4-7,10-13,19,38-40H,8-9,14-15H2,1-3H3,(H,33,35). The van der Waals surface area contributed by atoms with Crippen LogP contribution in [-0.2, 0) is 10.9 Å². The molecule has 4 N–H and O–H groups in total. The van der Waals surface area contributed by atoms with Crippen molar-refractivity contribution in [1.82, 2.24) is 20.1 Å². The van der Waals surface area contributed by atoms with Gasteiger partial charge in [0.2, 0.25) is 5.88 Å². The number of halogens is 3. The molecule has 0 bridgehead atoms. The number of aromatic hydroxyl groups is 2.